The SMILES string of the molecule is CCOC(=O)CCNc1cnn(C(C)C)c(=O)c1Br. The van der Waals surface area contributed by atoms with Gasteiger partial charge >= 0.3 is 5.97 Å². The molecule has 0 atom stereocenters. The maximum absolute atomic E-state index is 12.0. The Morgan fingerprint density at radius 2 is 2.26 bits per heavy atom. The van der Waals surface area contributed by atoms with E-state index < -0.39 is 0 Å². The summed E-state index contributed by atoms with van der Waals surface area (Å²) in [6, 6.07) is -0.00242. The lowest BCUT2D eigenvalue weighted by atomic mass is 10.3. The quantitative estimate of drug-likeness (QED) is 0.806. The summed E-state index contributed by atoms with van der Waals surface area (Å²) in [5, 5.41) is 7.05. The van der Waals surface area contributed by atoms with Crippen LogP contribution in [0.25, 0.3) is 0 Å². The molecule has 1 heterocycles. The predicted molar refractivity (Wildman–Crippen MR) is 76.3 cm³/mol. The Morgan fingerprint density at radius 1 is 1.58 bits per heavy atom. The fourth-order valence-electron chi connectivity index (χ4n) is 1.47. The number of esters is 1. The average molecular weight is 332 g/mol. The van der Waals surface area contributed by atoms with Crippen LogP contribution in [0.5, 0.6) is 0 Å². The van der Waals surface area contributed by atoms with Crippen LogP contribution < -0.4 is 10.9 Å². The van der Waals surface area contributed by atoms with Gasteiger partial charge in [-0.1, -0.05) is 0 Å². The number of hydrogen-bond donors (Lipinski definition) is 1. The standard InChI is InChI=1S/C12H18BrN3O3/c1-4-19-10(17)5-6-14-9-7-15-16(8(2)3)12(18)11(9)13/h7-8,14H,4-6H2,1-3H3. The van der Waals surface area contributed by atoms with Crippen molar-refractivity contribution in [3.05, 3.63) is 21.0 Å². The number of rotatable bonds is 6. The van der Waals surface area contributed by atoms with E-state index in [4.69, 9.17) is 4.74 Å². The molecule has 0 radical (unpaired) electrons. The number of halogens is 1. The first-order chi connectivity index (χ1) is 8.97. The van der Waals surface area contributed by atoms with Crippen molar-refractivity contribution in [2.75, 3.05) is 18.5 Å². The molecule has 0 unspecified atom stereocenters. The van der Waals surface area contributed by atoms with Gasteiger partial charge in [0.15, 0.2) is 0 Å². The van der Waals surface area contributed by atoms with E-state index in [9.17, 15) is 9.59 Å². The Bertz CT molecular complexity index is 499. The highest BCUT2D eigenvalue weighted by atomic mass is 79.9. The third-order valence-corrected chi connectivity index (χ3v) is 3.15. The van der Waals surface area contributed by atoms with E-state index in [-0.39, 0.29) is 24.0 Å². The van der Waals surface area contributed by atoms with Crippen LogP contribution in [0, 0.1) is 0 Å². The summed E-state index contributed by atoms with van der Waals surface area (Å²) in [6.45, 7) is 6.29. The molecule has 0 spiro atoms. The zero-order valence-corrected chi connectivity index (χ0v) is 12.9. The lowest BCUT2D eigenvalue weighted by molar-refractivity contribution is -0.142. The van der Waals surface area contributed by atoms with Gasteiger partial charge in [-0.05, 0) is 36.7 Å². The smallest absolute Gasteiger partial charge is 0.307 e. The van der Waals surface area contributed by atoms with Gasteiger partial charge in [0, 0.05) is 6.54 Å². The van der Waals surface area contributed by atoms with Crippen LogP contribution in [0.3, 0.4) is 0 Å². The Labute approximate surface area is 120 Å². The molecule has 0 aliphatic carbocycles. The lowest BCUT2D eigenvalue weighted by Gasteiger charge is -2.12. The number of anilines is 1. The van der Waals surface area contributed by atoms with Gasteiger partial charge in [0.05, 0.1) is 31.0 Å². The minimum Gasteiger partial charge on any atom is -0.466 e. The van der Waals surface area contributed by atoms with Gasteiger partial charge in [-0.3, -0.25) is 9.59 Å². The monoisotopic (exact) mass is 331 g/mol. The molecule has 0 amide bonds. The normalized spacial score (nSPS) is 10.6. The fourth-order valence-corrected chi connectivity index (χ4v) is 1.89. The Hall–Kier alpha value is -1.37. The summed E-state index contributed by atoms with van der Waals surface area (Å²) in [7, 11) is 0. The van der Waals surface area contributed by atoms with Gasteiger partial charge in [0.25, 0.3) is 5.56 Å². The molecular weight excluding hydrogens is 314 g/mol. The van der Waals surface area contributed by atoms with Gasteiger partial charge in [-0.25, -0.2) is 4.68 Å². The summed E-state index contributed by atoms with van der Waals surface area (Å²) in [5.74, 6) is -0.269. The second-order valence-corrected chi connectivity index (χ2v) is 4.99. The van der Waals surface area contributed by atoms with Gasteiger partial charge in [0.2, 0.25) is 0 Å². The van der Waals surface area contributed by atoms with Gasteiger partial charge in [-0.15, -0.1) is 0 Å². The van der Waals surface area contributed by atoms with E-state index in [1.165, 1.54) is 4.68 Å². The van der Waals surface area contributed by atoms with Crippen LogP contribution >= 0.6 is 15.9 Å². The van der Waals surface area contributed by atoms with E-state index in [0.717, 1.165) is 0 Å². The summed E-state index contributed by atoms with van der Waals surface area (Å²) in [4.78, 5) is 23.1. The minimum atomic E-state index is -0.269. The average Bonchev–Trinajstić information content (AvgIpc) is 2.34. The Kier molecular flexibility index (Phi) is 6.01. The molecule has 0 aliphatic rings. The molecule has 0 fully saturated rings. The third-order valence-electron chi connectivity index (χ3n) is 2.38. The Balaban J connectivity index is 2.68. The van der Waals surface area contributed by atoms with Crippen molar-refractivity contribution in [1.82, 2.24) is 9.78 Å². The van der Waals surface area contributed by atoms with Crippen LogP contribution in [0.4, 0.5) is 5.69 Å². The molecule has 1 aromatic heterocycles. The van der Waals surface area contributed by atoms with Crippen LogP contribution in [0.1, 0.15) is 33.2 Å². The first-order valence-electron chi connectivity index (χ1n) is 6.14. The molecule has 1 N–H and O–H groups in total. The first kappa shape index (κ1) is 15.7. The number of ether oxygens (including phenoxy) is 1. The second-order valence-electron chi connectivity index (χ2n) is 4.20. The van der Waals surface area contributed by atoms with Gasteiger partial charge in [-0.2, -0.15) is 5.10 Å². The molecule has 1 rings (SSSR count). The van der Waals surface area contributed by atoms with Crippen LogP contribution in [-0.4, -0.2) is 28.9 Å². The third kappa shape index (κ3) is 4.34. The molecule has 106 valence electrons. The number of carbonyl (C=O) groups is 1. The molecule has 0 aliphatic heterocycles. The zero-order valence-electron chi connectivity index (χ0n) is 11.3. The molecule has 7 heteroatoms. The Morgan fingerprint density at radius 3 is 2.84 bits per heavy atom. The highest BCUT2D eigenvalue weighted by Gasteiger charge is 2.11. The number of carbonyl (C=O) groups excluding carboxylic acids is 1. The highest BCUT2D eigenvalue weighted by molar-refractivity contribution is 9.10. The van der Waals surface area contributed by atoms with Gasteiger partial charge in [0.1, 0.15) is 4.47 Å². The number of hydrogen-bond acceptors (Lipinski definition) is 5. The van der Waals surface area contributed by atoms with Crippen molar-refractivity contribution >= 4 is 27.6 Å². The molecule has 6 nitrogen and oxygen atoms in total. The van der Waals surface area contributed by atoms with E-state index >= 15 is 0 Å². The predicted octanol–water partition coefficient (Wildman–Crippen LogP) is 1.95. The largest absolute Gasteiger partial charge is 0.466 e. The second kappa shape index (κ2) is 7.28. The van der Waals surface area contributed by atoms with Crippen molar-refractivity contribution in [2.24, 2.45) is 0 Å². The highest BCUT2D eigenvalue weighted by Crippen LogP contribution is 2.17. The van der Waals surface area contributed by atoms with Crippen molar-refractivity contribution < 1.29 is 9.53 Å². The topological polar surface area (TPSA) is 73.2 Å². The number of aromatic nitrogens is 2. The van der Waals surface area contributed by atoms with Crippen molar-refractivity contribution in [3.8, 4) is 0 Å². The van der Waals surface area contributed by atoms with Crippen LogP contribution in [-0.2, 0) is 9.53 Å². The van der Waals surface area contributed by atoms with Gasteiger partial charge < -0.3 is 10.1 Å². The molecule has 19 heavy (non-hydrogen) atoms. The summed E-state index contributed by atoms with van der Waals surface area (Å²) < 4.78 is 6.62. The van der Waals surface area contributed by atoms with Crippen LogP contribution in [0.15, 0.2) is 15.5 Å². The zero-order chi connectivity index (χ0) is 14.4. The summed E-state index contributed by atoms with van der Waals surface area (Å²) in [6.07, 6.45) is 1.81. The minimum absolute atomic E-state index is 0.00242. The fraction of sp³-hybridized carbons (Fsp3) is 0.583. The molecule has 0 saturated heterocycles. The first-order valence-corrected chi connectivity index (χ1v) is 6.93. The molecule has 0 aromatic carbocycles. The van der Waals surface area contributed by atoms with E-state index in [2.05, 4.69) is 26.3 Å². The van der Waals surface area contributed by atoms with E-state index in [0.29, 0.717) is 23.3 Å². The molecule has 0 saturated carbocycles. The maximum atomic E-state index is 12.0. The molecule has 0 bridgehead atoms. The van der Waals surface area contributed by atoms with Crippen molar-refractivity contribution in [1.29, 1.82) is 0 Å². The number of nitrogens with zero attached hydrogens (tertiary/aromatic N) is 2. The van der Waals surface area contributed by atoms with Crippen LogP contribution in [0.2, 0.25) is 0 Å². The van der Waals surface area contributed by atoms with E-state index in [1.807, 2.05) is 13.8 Å². The molecule has 1 aromatic rings. The maximum Gasteiger partial charge on any atom is 0.307 e. The van der Waals surface area contributed by atoms with E-state index in [1.54, 1.807) is 13.1 Å². The summed E-state index contributed by atoms with van der Waals surface area (Å²) in [5.41, 5.74) is 0.377. The lowest BCUT2D eigenvalue weighted by Crippen LogP contribution is -2.26. The summed E-state index contributed by atoms with van der Waals surface area (Å²) >= 11 is 3.25. The van der Waals surface area contributed by atoms with Crippen molar-refractivity contribution in [2.45, 2.75) is 33.2 Å². The van der Waals surface area contributed by atoms with Crippen molar-refractivity contribution in [3.63, 3.8) is 0 Å². The number of nitrogens with one attached hydrogen (secondary N) is 1. The molecular formula is C12H18BrN3O3.